The maximum Gasteiger partial charge on any atom is 0.411 e. The van der Waals surface area contributed by atoms with E-state index in [2.05, 4.69) is 10.2 Å². The Kier molecular flexibility index (Phi) is 7.25. The highest BCUT2D eigenvalue weighted by atomic mass is 16.6. The third kappa shape index (κ3) is 6.06. The highest BCUT2D eigenvalue weighted by Crippen LogP contribution is 2.28. The fourth-order valence-corrected chi connectivity index (χ4v) is 3.48. The third-order valence-corrected chi connectivity index (χ3v) is 5.20. The fourth-order valence-electron chi connectivity index (χ4n) is 3.48. The largest absolute Gasteiger partial charge is 0.446 e. The molecule has 1 aliphatic rings. The van der Waals surface area contributed by atoms with Crippen molar-refractivity contribution in [1.29, 1.82) is 0 Å². The van der Waals surface area contributed by atoms with Crippen LogP contribution in [0, 0.1) is 0 Å². The molecule has 1 aliphatic heterocycles. The molecule has 0 atom stereocenters. The highest BCUT2D eigenvalue weighted by molar-refractivity contribution is 5.91. The number of benzene rings is 2. The zero-order chi connectivity index (χ0) is 20.6. The molecular weight excluding hydrogens is 366 g/mol. The Hall–Kier alpha value is -2.86. The second-order valence-electron chi connectivity index (χ2n) is 7.52. The van der Waals surface area contributed by atoms with Crippen LogP contribution in [0.2, 0.25) is 0 Å². The SMILES string of the molecule is CN(C)C(=O)CCN1CCC(OC(=O)Nc2ccccc2-c2ccccc2)CC1. The van der Waals surface area contributed by atoms with Gasteiger partial charge in [0.2, 0.25) is 5.91 Å². The lowest BCUT2D eigenvalue weighted by Gasteiger charge is -2.31. The summed E-state index contributed by atoms with van der Waals surface area (Å²) in [5.74, 6) is 0.139. The summed E-state index contributed by atoms with van der Waals surface area (Å²) in [4.78, 5) is 28.0. The lowest BCUT2D eigenvalue weighted by molar-refractivity contribution is -0.129. The van der Waals surface area contributed by atoms with Gasteiger partial charge in [-0.15, -0.1) is 0 Å². The topological polar surface area (TPSA) is 61.9 Å². The molecule has 0 aliphatic carbocycles. The number of carbonyl (C=O) groups excluding carboxylic acids is 2. The number of para-hydroxylation sites is 1. The summed E-state index contributed by atoms with van der Waals surface area (Å²) >= 11 is 0. The Morgan fingerprint density at radius 2 is 1.69 bits per heavy atom. The molecule has 1 fully saturated rings. The van der Waals surface area contributed by atoms with Gasteiger partial charge in [-0.1, -0.05) is 48.5 Å². The molecule has 0 spiro atoms. The van der Waals surface area contributed by atoms with Crippen molar-refractivity contribution in [3.63, 3.8) is 0 Å². The van der Waals surface area contributed by atoms with Crippen LogP contribution in [0.25, 0.3) is 11.1 Å². The van der Waals surface area contributed by atoms with Crippen LogP contribution < -0.4 is 5.32 Å². The Morgan fingerprint density at radius 1 is 1.03 bits per heavy atom. The lowest BCUT2D eigenvalue weighted by Crippen LogP contribution is -2.40. The molecule has 1 N–H and O–H groups in total. The Balaban J connectivity index is 1.49. The second-order valence-corrected chi connectivity index (χ2v) is 7.52. The minimum Gasteiger partial charge on any atom is -0.446 e. The van der Waals surface area contributed by atoms with E-state index in [0.29, 0.717) is 6.42 Å². The average molecular weight is 396 g/mol. The first-order valence-electron chi connectivity index (χ1n) is 10.1. The monoisotopic (exact) mass is 395 g/mol. The normalized spacial score (nSPS) is 15.0. The van der Waals surface area contributed by atoms with Gasteiger partial charge < -0.3 is 14.5 Å². The quantitative estimate of drug-likeness (QED) is 0.807. The summed E-state index contributed by atoms with van der Waals surface area (Å²) in [6.45, 7) is 2.42. The lowest BCUT2D eigenvalue weighted by atomic mass is 10.0. The van der Waals surface area contributed by atoms with Crippen LogP contribution in [0.4, 0.5) is 10.5 Å². The number of nitrogens with zero attached hydrogens (tertiary/aromatic N) is 2. The van der Waals surface area contributed by atoms with Gasteiger partial charge in [-0.05, 0) is 24.5 Å². The molecule has 6 heteroatoms. The number of anilines is 1. The van der Waals surface area contributed by atoms with E-state index in [9.17, 15) is 9.59 Å². The first-order valence-corrected chi connectivity index (χ1v) is 10.1. The number of carbonyl (C=O) groups is 2. The molecule has 0 radical (unpaired) electrons. The number of likely N-dealkylation sites (tertiary alicyclic amines) is 1. The standard InChI is InChI=1S/C23H29N3O3/c1-25(2)22(27)14-17-26-15-12-19(13-16-26)29-23(28)24-21-11-7-6-10-20(21)18-8-4-3-5-9-18/h3-11,19H,12-17H2,1-2H3,(H,24,28). The van der Waals surface area contributed by atoms with E-state index >= 15 is 0 Å². The van der Waals surface area contributed by atoms with Crippen molar-refractivity contribution >= 4 is 17.7 Å². The first kappa shape index (κ1) is 20.9. The van der Waals surface area contributed by atoms with E-state index in [-0.39, 0.29) is 12.0 Å². The summed E-state index contributed by atoms with van der Waals surface area (Å²) < 4.78 is 5.65. The molecule has 0 aromatic heterocycles. The van der Waals surface area contributed by atoms with Crippen molar-refractivity contribution in [2.75, 3.05) is 39.0 Å². The predicted molar refractivity (Wildman–Crippen MR) is 115 cm³/mol. The zero-order valence-electron chi connectivity index (χ0n) is 17.1. The van der Waals surface area contributed by atoms with Crippen LogP contribution in [-0.2, 0) is 9.53 Å². The Labute approximate surface area is 172 Å². The van der Waals surface area contributed by atoms with Crippen LogP contribution >= 0.6 is 0 Å². The van der Waals surface area contributed by atoms with Crippen molar-refractivity contribution < 1.29 is 14.3 Å². The van der Waals surface area contributed by atoms with Gasteiger partial charge in [-0.2, -0.15) is 0 Å². The molecule has 154 valence electrons. The van der Waals surface area contributed by atoms with Crippen LogP contribution in [0.15, 0.2) is 54.6 Å². The van der Waals surface area contributed by atoms with Crippen molar-refractivity contribution in [3.05, 3.63) is 54.6 Å². The van der Waals surface area contributed by atoms with Gasteiger partial charge in [0.1, 0.15) is 6.10 Å². The van der Waals surface area contributed by atoms with Gasteiger partial charge >= 0.3 is 6.09 Å². The van der Waals surface area contributed by atoms with E-state index in [0.717, 1.165) is 49.3 Å². The predicted octanol–water partition coefficient (Wildman–Crippen LogP) is 3.84. The minimum absolute atomic E-state index is 0.0975. The molecule has 29 heavy (non-hydrogen) atoms. The van der Waals surface area contributed by atoms with E-state index in [4.69, 9.17) is 4.74 Å². The van der Waals surface area contributed by atoms with Crippen molar-refractivity contribution in [2.24, 2.45) is 0 Å². The van der Waals surface area contributed by atoms with Gasteiger partial charge in [0.25, 0.3) is 0 Å². The van der Waals surface area contributed by atoms with Gasteiger partial charge in [-0.25, -0.2) is 4.79 Å². The second kappa shape index (κ2) is 10.1. The molecular formula is C23H29N3O3. The Bertz CT molecular complexity index is 815. The summed E-state index contributed by atoms with van der Waals surface area (Å²) in [7, 11) is 3.55. The van der Waals surface area contributed by atoms with Crippen molar-refractivity contribution in [2.45, 2.75) is 25.4 Å². The molecule has 0 bridgehead atoms. The average Bonchev–Trinajstić information content (AvgIpc) is 2.74. The molecule has 1 heterocycles. The van der Waals surface area contributed by atoms with E-state index in [1.807, 2.05) is 54.6 Å². The zero-order valence-corrected chi connectivity index (χ0v) is 17.1. The summed E-state index contributed by atoms with van der Waals surface area (Å²) in [6, 6.07) is 17.7. The van der Waals surface area contributed by atoms with Crippen molar-refractivity contribution in [3.8, 4) is 11.1 Å². The molecule has 6 nitrogen and oxygen atoms in total. The first-order chi connectivity index (χ1) is 14.0. The van der Waals surface area contributed by atoms with Gasteiger partial charge in [0, 0.05) is 45.7 Å². The number of hydrogen-bond acceptors (Lipinski definition) is 4. The maximum absolute atomic E-state index is 12.4. The van der Waals surface area contributed by atoms with Crippen LogP contribution in [0.3, 0.4) is 0 Å². The van der Waals surface area contributed by atoms with Gasteiger partial charge in [0.05, 0.1) is 5.69 Å². The van der Waals surface area contributed by atoms with Gasteiger partial charge in [0.15, 0.2) is 0 Å². The number of rotatable bonds is 6. The molecule has 2 aromatic rings. The minimum atomic E-state index is -0.422. The maximum atomic E-state index is 12.4. The summed E-state index contributed by atoms with van der Waals surface area (Å²) in [6.07, 6.45) is 1.57. The fraction of sp³-hybridized carbons (Fsp3) is 0.391. The van der Waals surface area contributed by atoms with Gasteiger partial charge in [-0.3, -0.25) is 10.1 Å². The Morgan fingerprint density at radius 3 is 2.38 bits per heavy atom. The molecule has 3 rings (SSSR count). The molecule has 2 amide bonds. The van der Waals surface area contributed by atoms with E-state index in [1.54, 1.807) is 19.0 Å². The smallest absolute Gasteiger partial charge is 0.411 e. The van der Waals surface area contributed by atoms with Crippen molar-refractivity contribution in [1.82, 2.24) is 9.80 Å². The molecule has 1 saturated heterocycles. The van der Waals surface area contributed by atoms with Crippen LogP contribution in [0.1, 0.15) is 19.3 Å². The number of nitrogens with one attached hydrogen (secondary N) is 1. The van der Waals surface area contributed by atoms with Crippen LogP contribution in [0.5, 0.6) is 0 Å². The molecule has 0 saturated carbocycles. The number of hydrogen-bond donors (Lipinski definition) is 1. The summed E-state index contributed by atoms with van der Waals surface area (Å²) in [5.41, 5.74) is 2.75. The summed E-state index contributed by atoms with van der Waals surface area (Å²) in [5, 5.41) is 2.90. The number of ether oxygens (including phenoxy) is 1. The third-order valence-electron chi connectivity index (χ3n) is 5.20. The van der Waals surface area contributed by atoms with E-state index in [1.165, 1.54) is 0 Å². The number of amides is 2. The van der Waals surface area contributed by atoms with Crippen LogP contribution in [-0.4, -0.2) is 61.6 Å². The molecule has 2 aromatic carbocycles. The molecule has 0 unspecified atom stereocenters. The van der Waals surface area contributed by atoms with E-state index < -0.39 is 6.09 Å². The highest BCUT2D eigenvalue weighted by Gasteiger charge is 2.23. The number of piperidine rings is 1.